The van der Waals surface area contributed by atoms with Crippen LogP contribution >= 0.6 is 0 Å². The van der Waals surface area contributed by atoms with Gasteiger partial charge in [0.15, 0.2) is 0 Å². The molecule has 1 aliphatic heterocycles. The van der Waals surface area contributed by atoms with E-state index in [0.29, 0.717) is 6.04 Å². The van der Waals surface area contributed by atoms with Crippen LogP contribution < -0.4 is 10.6 Å². The molecule has 1 atom stereocenters. The fourth-order valence-corrected chi connectivity index (χ4v) is 3.03. The SMILES string of the molecule is CCC1CCCN1c1ccc(N)c2ccncc12. The third kappa shape index (κ3) is 1.70. The number of fused-ring (bicyclic) bond motifs is 1. The zero-order chi connectivity index (χ0) is 12.5. The highest BCUT2D eigenvalue weighted by molar-refractivity contribution is 6.00. The molecule has 2 heterocycles. The van der Waals surface area contributed by atoms with Crippen molar-refractivity contribution in [2.24, 2.45) is 0 Å². The van der Waals surface area contributed by atoms with Gasteiger partial charge in [0.25, 0.3) is 0 Å². The summed E-state index contributed by atoms with van der Waals surface area (Å²) in [5.74, 6) is 0. The van der Waals surface area contributed by atoms with Crippen LogP contribution in [0.25, 0.3) is 10.8 Å². The summed E-state index contributed by atoms with van der Waals surface area (Å²) in [7, 11) is 0. The maximum Gasteiger partial charge on any atom is 0.0465 e. The van der Waals surface area contributed by atoms with E-state index >= 15 is 0 Å². The summed E-state index contributed by atoms with van der Waals surface area (Å²) in [4.78, 5) is 6.77. The van der Waals surface area contributed by atoms with Gasteiger partial charge in [-0.15, -0.1) is 0 Å². The minimum atomic E-state index is 0.664. The molecule has 0 radical (unpaired) electrons. The quantitative estimate of drug-likeness (QED) is 0.821. The van der Waals surface area contributed by atoms with Gasteiger partial charge in [0.1, 0.15) is 0 Å². The Balaban J connectivity index is 2.15. The molecule has 1 saturated heterocycles. The highest BCUT2D eigenvalue weighted by Crippen LogP contribution is 2.35. The first-order valence-corrected chi connectivity index (χ1v) is 6.70. The van der Waals surface area contributed by atoms with Crippen molar-refractivity contribution in [3.63, 3.8) is 0 Å². The summed E-state index contributed by atoms with van der Waals surface area (Å²) < 4.78 is 0. The largest absolute Gasteiger partial charge is 0.398 e. The molecule has 1 aromatic carbocycles. The Labute approximate surface area is 108 Å². The van der Waals surface area contributed by atoms with Crippen molar-refractivity contribution in [2.75, 3.05) is 17.2 Å². The van der Waals surface area contributed by atoms with Gasteiger partial charge in [-0.05, 0) is 37.5 Å². The lowest BCUT2D eigenvalue weighted by molar-refractivity contribution is 0.647. The van der Waals surface area contributed by atoms with Gasteiger partial charge < -0.3 is 10.6 Å². The molecule has 0 bridgehead atoms. The van der Waals surface area contributed by atoms with E-state index in [1.165, 1.54) is 30.3 Å². The van der Waals surface area contributed by atoms with Crippen LogP contribution in [-0.2, 0) is 0 Å². The lowest BCUT2D eigenvalue weighted by atomic mass is 10.1. The van der Waals surface area contributed by atoms with Crippen LogP contribution in [0.5, 0.6) is 0 Å². The number of anilines is 2. The second-order valence-corrected chi connectivity index (χ2v) is 4.99. The Bertz CT molecular complexity index is 565. The maximum atomic E-state index is 6.04. The average molecular weight is 241 g/mol. The van der Waals surface area contributed by atoms with Crippen molar-refractivity contribution in [1.29, 1.82) is 0 Å². The maximum absolute atomic E-state index is 6.04. The summed E-state index contributed by atoms with van der Waals surface area (Å²) in [6.45, 7) is 3.41. The molecule has 0 spiro atoms. The number of hydrogen-bond acceptors (Lipinski definition) is 3. The van der Waals surface area contributed by atoms with Crippen LogP contribution in [0.4, 0.5) is 11.4 Å². The molecule has 0 saturated carbocycles. The third-order valence-corrected chi connectivity index (χ3v) is 3.99. The molecule has 1 aromatic heterocycles. The van der Waals surface area contributed by atoms with Crippen molar-refractivity contribution in [2.45, 2.75) is 32.2 Å². The second-order valence-electron chi connectivity index (χ2n) is 4.99. The number of rotatable bonds is 2. The Morgan fingerprint density at radius 3 is 3.06 bits per heavy atom. The molecule has 0 aliphatic carbocycles. The van der Waals surface area contributed by atoms with E-state index in [2.05, 4.69) is 22.9 Å². The molecule has 1 fully saturated rings. The fourth-order valence-electron chi connectivity index (χ4n) is 3.03. The average Bonchev–Trinajstić information content (AvgIpc) is 2.88. The van der Waals surface area contributed by atoms with Crippen molar-refractivity contribution in [1.82, 2.24) is 4.98 Å². The standard InChI is InChI=1S/C15H19N3/c1-2-11-4-3-9-18(11)15-6-5-14(16)12-7-8-17-10-13(12)15/h5-8,10-11H,2-4,9,16H2,1H3. The van der Waals surface area contributed by atoms with Crippen LogP contribution in [0.2, 0.25) is 0 Å². The molecule has 0 amide bonds. The Morgan fingerprint density at radius 1 is 1.33 bits per heavy atom. The van der Waals surface area contributed by atoms with Gasteiger partial charge in [-0.2, -0.15) is 0 Å². The monoisotopic (exact) mass is 241 g/mol. The zero-order valence-electron chi connectivity index (χ0n) is 10.8. The van der Waals surface area contributed by atoms with E-state index in [9.17, 15) is 0 Å². The molecule has 3 nitrogen and oxygen atoms in total. The lowest BCUT2D eigenvalue weighted by Crippen LogP contribution is -2.28. The Hall–Kier alpha value is -1.77. The van der Waals surface area contributed by atoms with Crippen LogP contribution in [0.1, 0.15) is 26.2 Å². The molecule has 2 N–H and O–H groups in total. The predicted molar refractivity (Wildman–Crippen MR) is 76.8 cm³/mol. The van der Waals surface area contributed by atoms with Crippen LogP contribution in [0, 0.1) is 0 Å². The molecule has 3 heteroatoms. The molecule has 1 unspecified atom stereocenters. The first-order chi connectivity index (χ1) is 8.81. The van der Waals surface area contributed by atoms with E-state index in [4.69, 9.17) is 5.73 Å². The number of aromatic nitrogens is 1. The Morgan fingerprint density at radius 2 is 2.22 bits per heavy atom. The van der Waals surface area contributed by atoms with E-state index in [-0.39, 0.29) is 0 Å². The molecule has 18 heavy (non-hydrogen) atoms. The molecule has 1 aliphatic rings. The highest BCUT2D eigenvalue weighted by atomic mass is 15.2. The zero-order valence-corrected chi connectivity index (χ0v) is 10.8. The minimum Gasteiger partial charge on any atom is -0.398 e. The van der Waals surface area contributed by atoms with Crippen molar-refractivity contribution in [3.8, 4) is 0 Å². The summed E-state index contributed by atoms with van der Waals surface area (Å²) in [6.07, 6.45) is 7.52. The molecule has 2 aromatic rings. The number of pyridine rings is 1. The molecule has 94 valence electrons. The number of hydrogen-bond donors (Lipinski definition) is 1. The summed E-state index contributed by atoms with van der Waals surface area (Å²) >= 11 is 0. The Kier molecular flexibility index (Phi) is 2.82. The van der Waals surface area contributed by atoms with Gasteiger partial charge >= 0.3 is 0 Å². The normalized spacial score (nSPS) is 19.6. The second kappa shape index (κ2) is 4.48. The van der Waals surface area contributed by atoms with Gasteiger partial charge in [-0.1, -0.05) is 6.92 Å². The number of nitrogen functional groups attached to an aromatic ring is 1. The smallest absolute Gasteiger partial charge is 0.0465 e. The molecule has 3 rings (SSSR count). The fraction of sp³-hybridized carbons (Fsp3) is 0.400. The number of nitrogens with zero attached hydrogens (tertiary/aromatic N) is 2. The van der Waals surface area contributed by atoms with Gasteiger partial charge in [-0.25, -0.2) is 0 Å². The first-order valence-electron chi connectivity index (χ1n) is 6.70. The summed E-state index contributed by atoms with van der Waals surface area (Å²) in [6, 6.07) is 6.83. The van der Waals surface area contributed by atoms with Crippen molar-refractivity contribution >= 4 is 22.1 Å². The van der Waals surface area contributed by atoms with Gasteiger partial charge in [0.2, 0.25) is 0 Å². The van der Waals surface area contributed by atoms with Crippen LogP contribution in [0.3, 0.4) is 0 Å². The van der Waals surface area contributed by atoms with Crippen molar-refractivity contribution in [3.05, 3.63) is 30.6 Å². The summed E-state index contributed by atoms with van der Waals surface area (Å²) in [5.41, 5.74) is 8.17. The topological polar surface area (TPSA) is 42.1 Å². The highest BCUT2D eigenvalue weighted by Gasteiger charge is 2.24. The van der Waals surface area contributed by atoms with E-state index in [0.717, 1.165) is 17.6 Å². The van der Waals surface area contributed by atoms with E-state index < -0.39 is 0 Å². The predicted octanol–water partition coefficient (Wildman–Crippen LogP) is 3.20. The first kappa shape index (κ1) is 11.3. The van der Waals surface area contributed by atoms with Gasteiger partial charge in [0, 0.05) is 47.1 Å². The van der Waals surface area contributed by atoms with E-state index in [1.807, 2.05) is 24.5 Å². The van der Waals surface area contributed by atoms with Crippen molar-refractivity contribution < 1.29 is 0 Å². The molecular weight excluding hydrogens is 222 g/mol. The third-order valence-electron chi connectivity index (χ3n) is 3.99. The lowest BCUT2D eigenvalue weighted by Gasteiger charge is -2.27. The molecular formula is C15H19N3. The summed E-state index contributed by atoms with van der Waals surface area (Å²) in [5, 5.41) is 2.29. The number of nitrogens with two attached hydrogens (primary N) is 1. The van der Waals surface area contributed by atoms with Crippen LogP contribution in [-0.4, -0.2) is 17.6 Å². The van der Waals surface area contributed by atoms with Gasteiger partial charge in [0.05, 0.1) is 0 Å². The van der Waals surface area contributed by atoms with Gasteiger partial charge in [-0.3, -0.25) is 4.98 Å². The minimum absolute atomic E-state index is 0.664. The van der Waals surface area contributed by atoms with E-state index in [1.54, 1.807) is 0 Å². The van der Waals surface area contributed by atoms with Crippen LogP contribution in [0.15, 0.2) is 30.6 Å². The number of benzene rings is 1.